The van der Waals surface area contributed by atoms with Crippen LogP contribution < -0.4 is 5.32 Å². The van der Waals surface area contributed by atoms with E-state index in [0.717, 1.165) is 25.5 Å². The summed E-state index contributed by atoms with van der Waals surface area (Å²) >= 11 is 0. The maximum absolute atomic E-state index is 12.2. The van der Waals surface area contributed by atoms with E-state index in [1.807, 2.05) is 18.7 Å². The summed E-state index contributed by atoms with van der Waals surface area (Å²) in [5.41, 5.74) is 0. The number of piperidine rings is 1. The van der Waals surface area contributed by atoms with Crippen molar-refractivity contribution in [2.24, 2.45) is 10.9 Å². The second-order valence-electron chi connectivity index (χ2n) is 5.31. The van der Waals surface area contributed by atoms with Crippen LogP contribution in [0.1, 0.15) is 25.8 Å². The van der Waals surface area contributed by atoms with Gasteiger partial charge < -0.3 is 14.8 Å². The van der Waals surface area contributed by atoms with E-state index in [9.17, 15) is 4.39 Å². The molecule has 112 valence electrons. The van der Waals surface area contributed by atoms with Gasteiger partial charge in [0.1, 0.15) is 0 Å². The Labute approximate surface area is 119 Å². The molecule has 2 heterocycles. The molecule has 0 aliphatic carbocycles. The summed E-state index contributed by atoms with van der Waals surface area (Å²) in [5.74, 6) is 1.49. The molecule has 0 saturated carbocycles. The predicted octanol–water partition coefficient (Wildman–Crippen LogP) is 1.70. The SMILES string of the molecule is CN=C(NCCCF)N1CCC(C)C(n2ccnc2)C1. The van der Waals surface area contributed by atoms with Crippen molar-refractivity contribution in [2.75, 3.05) is 33.4 Å². The summed E-state index contributed by atoms with van der Waals surface area (Å²) in [6, 6.07) is 0.408. The van der Waals surface area contributed by atoms with Gasteiger partial charge in [0.15, 0.2) is 5.96 Å². The van der Waals surface area contributed by atoms with E-state index in [0.29, 0.717) is 24.9 Å². The minimum Gasteiger partial charge on any atom is -0.356 e. The molecule has 2 unspecified atom stereocenters. The van der Waals surface area contributed by atoms with E-state index >= 15 is 0 Å². The van der Waals surface area contributed by atoms with Gasteiger partial charge in [-0.1, -0.05) is 6.92 Å². The van der Waals surface area contributed by atoms with Crippen molar-refractivity contribution in [3.8, 4) is 0 Å². The third-order valence-electron chi connectivity index (χ3n) is 3.93. The van der Waals surface area contributed by atoms with Gasteiger partial charge >= 0.3 is 0 Å². The lowest BCUT2D eigenvalue weighted by molar-refractivity contribution is 0.189. The maximum Gasteiger partial charge on any atom is 0.193 e. The quantitative estimate of drug-likeness (QED) is 0.519. The van der Waals surface area contributed by atoms with Crippen LogP contribution in [-0.2, 0) is 0 Å². The largest absolute Gasteiger partial charge is 0.356 e. The molecular formula is C14H24FN5. The Morgan fingerprint density at radius 2 is 2.40 bits per heavy atom. The third kappa shape index (κ3) is 3.49. The van der Waals surface area contributed by atoms with Crippen LogP contribution in [-0.4, -0.2) is 53.8 Å². The van der Waals surface area contributed by atoms with Gasteiger partial charge in [0, 0.05) is 39.1 Å². The van der Waals surface area contributed by atoms with E-state index in [-0.39, 0.29) is 6.67 Å². The summed E-state index contributed by atoms with van der Waals surface area (Å²) in [7, 11) is 1.78. The highest BCUT2D eigenvalue weighted by Crippen LogP contribution is 2.27. The number of nitrogens with one attached hydrogen (secondary N) is 1. The van der Waals surface area contributed by atoms with Gasteiger partial charge in [-0.2, -0.15) is 0 Å². The minimum atomic E-state index is -0.293. The van der Waals surface area contributed by atoms with Crippen LogP contribution in [0.2, 0.25) is 0 Å². The zero-order chi connectivity index (χ0) is 14.4. The number of rotatable bonds is 4. The van der Waals surface area contributed by atoms with Crippen LogP contribution in [0.5, 0.6) is 0 Å². The molecule has 5 nitrogen and oxygen atoms in total. The van der Waals surface area contributed by atoms with Crippen molar-refractivity contribution in [2.45, 2.75) is 25.8 Å². The van der Waals surface area contributed by atoms with Crippen molar-refractivity contribution in [1.29, 1.82) is 0 Å². The van der Waals surface area contributed by atoms with Gasteiger partial charge in [0.05, 0.1) is 19.0 Å². The van der Waals surface area contributed by atoms with Crippen LogP contribution in [0.25, 0.3) is 0 Å². The molecule has 1 saturated heterocycles. The van der Waals surface area contributed by atoms with Gasteiger partial charge in [-0.3, -0.25) is 9.38 Å². The Hall–Kier alpha value is -1.59. The second kappa shape index (κ2) is 7.26. The van der Waals surface area contributed by atoms with Crippen LogP contribution >= 0.6 is 0 Å². The third-order valence-corrected chi connectivity index (χ3v) is 3.93. The molecule has 1 aliphatic rings. The smallest absolute Gasteiger partial charge is 0.193 e. The number of aliphatic imine (C=N–C) groups is 1. The lowest BCUT2D eigenvalue weighted by atomic mass is 9.93. The molecule has 2 rings (SSSR count). The number of nitrogens with zero attached hydrogens (tertiary/aromatic N) is 4. The molecule has 2 atom stereocenters. The van der Waals surface area contributed by atoms with Crippen LogP contribution in [0.4, 0.5) is 4.39 Å². The molecular weight excluding hydrogens is 257 g/mol. The second-order valence-corrected chi connectivity index (χ2v) is 5.31. The molecule has 1 N–H and O–H groups in total. The summed E-state index contributed by atoms with van der Waals surface area (Å²) < 4.78 is 14.4. The van der Waals surface area contributed by atoms with Gasteiger partial charge in [-0.15, -0.1) is 0 Å². The van der Waals surface area contributed by atoms with Crippen molar-refractivity contribution >= 4 is 5.96 Å². The molecule has 1 aliphatic heterocycles. The first-order chi connectivity index (χ1) is 9.76. The highest BCUT2D eigenvalue weighted by molar-refractivity contribution is 5.80. The number of imidazole rings is 1. The van der Waals surface area contributed by atoms with E-state index < -0.39 is 0 Å². The number of alkyl halides is 1. The molecule has 1 aromatic rings. The Balaban J connectivity index is 1.98. The Bertz CT molecular complexity index is 417. The number of hydrogen-bond donors (Lipinski definition) is 1. The van der Waals surface area contributed by atoms with Crippen LogP contribution in [0, 0.1) is 5.92 Å². The van der Waals surface area contributed by atoms with Crippen molar-refractivity contribution in [1.82, 2.24) is 19.8 Å². The molecule has 1 aromatic heterocycles. The van der Waals surface area contributed by atoms with Crippen molar-refractivity contribution < 1.29 is 4.39 Å². The minimum absolute atomic E-state index is 0.293. The van der Waals surface area contributed by atoms with Crippen LogP contribution in [0.15, 0.2) is 23.7 Å². The lowest BCUT2D eigenvalue weighted by Gasteiger charge is -2.39. The summed E-state index contributed by atoms with van der Waals surface area (Å²) in [5, 5.41) is 3.23. The number of guanidine groups is 1. The molecule has 6 heteroatoms. The summed E-state index contributed by atoms with van der Waals surface area (Å²) in [6.45, 7) is 4.51. The zero-order valence-electron chi connectivity index (χ0n) is 12.3. The monoisotopic (exact) mass is 281 g/mol. The Morgan fingerprint density at radius 1 is 1.55 bits per heavy atom. The van der Waals surface area contributed by atoms with E-state index in [4.69, 9.17) is 0 Å². The standard InChI is InChI=1S/C14H24FN5/c1-12-4-8-19(14(16-2)18-6-3-5-15)10-13(12)20-9-7-17-11-20/h7,9,11-13H,3-6,8,10H2,1-2H3,(H,16,18). The number of likely N-dealkylation sites (tertiary alicyclic amines) is 1. The molecule has 0 amide bonds. The molecule has 0 radical (unpaired) electrons. The molecule has 1 fully saturated rings. The fraction of sp³-hybridized carbons (Fsp3) is 0.714. The van der Waals surface area contributed by atoms with Gasteiger partial charge in [-0.25, -0.2) is 4.98 Å². The van der Waals surface area contributed by atoms with Crippen LogP contribution in [0.3, 0.4) is 0 Å². The maximum atomic E-state index is 12.2. The van der Waals surface area contributed by atoms with E-state index in [1.54, 1.807) is 7.05 Å². The highest BCUT2D eigenvalue weighted by atomic mass is 19.1. The summed E-state index contributed by atoms with van der Waals surface area (Å²) in [6.07, 6.45) is 7.36. The average Bonchev–Trinajstić information content (AvgIpc) is 2.99. The Morgan fingerprint density at radius 3 is 3.05 bits per heavy atom. The molecule has 0 spiro atoms. The number of hydrogen-bond acceptors (Lipinski definition) is 2. The van der Waals surface area contributed by atoms with Gasteiger partial charge in [0.25, 0.3) is 0 Å². The molecule has 0 bridgehead atoms. The molecule has 20 heavy (non-hydrogen) atoms. The first-order valence-electron chi connectivity index (χ1n) is 7.25. The highest BCUT2D eigenvalue weighted by Gasteiger charge is 2.28. The first kappa shape index (κ1) is 14.8. The van der Waals surface area contributed by atoms with Gasteiger partial charge in [-0.05, 0) is 18.8 Å². The first-order valence-corrected chi connectivity index (χ1v) is 7.25. The zero-order valence-corrected chi connectivity index (χ0v) is 12.3. The van der Waals surface area contributed by atoms with Crippen molar-refractivity contribution in [3.63, 3.8) is 0 Å². The van der Waals surface area contributed by atoms with Crippen molar-refractivity contribution in [3.05, 3.63) is 18.7 Å². The fourth-order valence-corrected chi connectivity index (χ4v) is 2.69. The molecule has 0 aromatic carbocycles. The normalized spacial score (nSPS) is 23.9. The van der Waals surface area contributed by atoms with E-state index in [1.165, 1.54) is 0 Å². The lowest BCUT2D eigenvalue weighted by Crippen LogP contribution is -2.49. The summed E-state index contributed by atoms with van der Waals surface area (Å²) in [4.78, 5) is 10.7. The topological polar surface area (TPSA) is 45.5 Å². The number of halogens is 1. The average molecular weight is 281 g/mol. The number of aromatic nitrogens is 2. The van der Waals surface area contributed by atoms with E-state index in [2.05, 4.69) is 31.7 Å². The predicted molar refractivity (Wildman–Crippen MR) is 78.6 cm³/mol. The van der Waals surface area contributed by atoms with Gasteiger partial charge in [0.2, 0.25) is 0 Å². The Kier molecular flexibility index (Phi) is 5.38. The fourth-order valence-electron chi connectivity index (χ4n) is 2.69.